The molecule has 0 saturated carbocycles. The third-order valence-corrected chi connectivity index (χ3v) is 5.57. The van der Waals surface area contributed by atoms with Crippen LogP contribution in [0.4, 0.5) is 4.79 Å². The van der Waals surface area contributed by atoms with Gasteiger partial charge in [0.05, 0.1) is 32.5 Å². The van der Waals surface area contributed by atoms with Gasteiger partial charge < -0.3 is 24.3 Å². The van der Waals surface area contributed by atoms with Crippen molar-refractivity contribution in [2.75, 3.05) is 27.7 Å². The van der Waals surface area contributed by atoms with Crippen LogP contribution in [0.15, 0.2) is 64.6 Å². The van der Waals surface area contributed by atoms with E-state index in [-0.39, 0.29) is 12.1 Å². The smallest absolute Gasteiger partial charge is 0.318 e. The van der Waals surface area contributed by atoms with Crippen molar-refractivity contribution in [3.8, 4) is 5.75 Å². The molecule has 0 aliphatic rings. The molecule has 3 rings (SSSR count). The molecule has 2 aromatic heterocycles. The van der Waals surface area contributed by atoms with E-state index in [2.05, 4.69) is 10.2 Å². The van der Waals surface area contributed by atoms with Gasteiger partial charge >= 0.3 is 6.03 Å². The largest absolute Gasteiger partial charge is 0.497 e. The van der Waals surface area contributed by atoms with Crippen LogP contribution in [0, 0.1) is 0 Å². The minimum atomic E-state index is -0.116. The van der Waals surface area contributed by atoms with Crippen molar-refractivity contribution in [2.45, 2.75) is 19.1 Å². The van der Waals surface area contributed by atoms with Gasteiger partial charge in [0, 0.05) is 11.4 Å². The first-order valence-electron chi connectivity index (χ1n) is 9.44. The van der Waals surface area contributed by atoms with Gasteiger partial charge in [-0.2, -0.15) is 0 Å². The average Bonchev–Trinajstić information content (AvgIpc) is 3.42. The standard InChI is InChI=1S/C22H27N3O3S/c1-24(2)21(17-8-10-18(27-3)11-9-17)14-23-22(26)25(15-19-6-4-12-28-19)16-20-7-5-13-29-20/h4-13,21H,14-16H2,1-3H3,(H,23,26). The van der Waals surface area contributed by atoms with E-state index in [1.54, 1.807) is 29.6 Å². The number of amides is 2. The number of nitrogens with one attached hydrogen (secondary N) is 1. The number of urea groups is 1. The molecule has 29 heavy (non-hydrogen) atoms. The van der Waals surface area contributed by atoms with Crippen molar-refractivity contribution < 1.29 is 13.9 Å². The van der Waals surface area contributed by atoms with E-state index in [0.29, 0.717) is 19.6 Å². The SMILES string of the molecule is COc1ccc(C(CNC(=O)N(Cc2ccco2)Cc2cccs2)N(C)C)cc1. The van der Waals surface area contributed by atoms with E-state index in [9.17, 15) is 4.79 Å². The van der Waals surface area contributed by atoms with Crippen LogP contribution in [0.1, 0.15) is 22.2 Å². The Hall–Kier alpha value is -2.77. The number of hydrogen-bond acceptors (Lipinski definition) is 5. The molecule has 0 radical (unpaired) electrons. The van der Waals surface area contributed by atoms with Gasteiger partial charge in [0.2, 0.25) is 0 Å². The molecule has 3 aromatic rings. The monoisotopic (exact) mass is 413 g/mol. The molecular formula is C22H27N3O3S. The van der Waals surface area contributed by atoms with Gasteiger partial charge in [-0.1, -0.05) is 18.2 Å². The molecule has 0 saturated heterocycles. The van der Waals surface area contributed by atoms with E-state index in [0.717, 1.165) is 22.0 Å². The van der Waals surface area contributed by atoms with Crippen molar-refractivity contribution in [2.24, 2.45) is 0 Å². The molecule has 154 valence electrons. The number of ether oxygens (including phenoxy) is 1. The molecule has 0 spiro atoms. The molecule has 1 unspecified atom stereocenters. The third-order valence-electron chi connectivity index (χ3n) is 4.71. The number of furan rings is 1. The summed E-state index contributed by atoms with van der Waals surface area (Å²) >= 11 is 1.64. The highest BCUT2D eigenvalue weighted by atomic mass is 32.1. The van der Waals surface area contributed by atoms with Crippen molar-refractivity contribution in [3.63, 3.8) is 0 Å². The van der Waals surface area contributed by atoms with E-state index < -0.39 is 0 Å². The zero-order valence-corrected chi connectivity index (χ0v) is 17.8. The summed E-state index contributed by atoms with van der Waals surface area (Å²) in [6, 6.07) is 15.6. The van der Waals surface area contributed by atoms with Crippen LogP contribution in [0.2, 0.25) is 0 Å². The van der Waals surface area contributed by atoms with Crippen LogP contribution in [0.25, 0.3) is 0 Å². The van der Waals surface area contributed by atoms with Gasteiger partial charge in [-0.15, -0.1) is 11.3 Å². The van der Waals surface area contributed by atoms with Crippen LogP contribution >= 0.6 is 11.3 Å². The number of carbonyl (C=O) groups excluding carboxylic acids is 1. The highest BCUT2D eigenvalue weighted by Crippen LogP contribution is 2.21. The Morgan fingerprint density at radius 1 is 1.14 bits per heavy atom. The molecule has 1 atom stereocenters. The molecule has 1 N–H and O–H groups in total. The third kappa shape index (κ3) is 5.85. The highest BCUT2D eigenvalue weighted by Gasteiger charge is 2.20. The number of likely N-dealkylation sites (N-methyl/N-ethyl adjacent to an activating group) is 1. The molecule has 0 bridgehead atoms. The van der Waals surface area contributed by atoms with Crippen LogP contribution in [-0.2, 0) is 13.1 Å². The number of rotatable bonds is 9. The van der Waals surface area contributed by atoms with Gasteiger partial charge in [0.15, 0.2) is 0 Å². The first-order chi connectivity index (χ1) is 14.1. The molecule has 2 amide bonds. The second-order valence-corrected chi connectivity index (χ2v) is 7.99. The lowest BCUT2D eigenvalue weighted by Crippen LogP contribution is -2.42. The zero-order chi connectivity index (χ0) is 20.6. The van der Waals surface area contributed by atoms with Crippen LogP contribution in [-0.4, -0.2) is 43.6 Å². The van der Waals surface area contributed by atoms with Gasteiger partial charge in [-0.05, 0) is 55.4 Å². The predicted molar refractivity (Wildman–Crippen MR) is 115 cm³/mol. The zero-order valence-electron chi connectivity index (χ0n) is 17.0. The fourth-order valence-corrected chi connectivity index (χ4v) is 3.82. The molecule has 0 fully saturated rings. The van der Waals surface area contributed by atoms with E-state index in [1.807, 2.05) is 68.0 Å². The lowest BCUT2D eigenvalue weighted by atomic mass is 10.1. The summed E-state index contributed by atoms with van der Waals surface area (Å²) in [5, 5.41) is 5.11. The first kappa shape index (κ1) is 21.0. The number of nitrogens with zero attached hydrogens (tertiary/aromatic N) is 2. The van der Waals surface area contributed by atoms with Crippen LogP contribution in [0.3, 0.4) is 0 Å². The highest BCUT2D eigenvalue weighted by molar-refractivity contribution is 7.09. The van der Waals surface area contributed by atoms with E-state index in [4.69, 9.17) is 9.15 Å². The summed E-state index contributed by atoms with van der Waals surface area (Å²) in [5.74, 6) is 1.58. The summed E-state index contributed by atoms with van der Waals surface area (Å²) in [4.78, 5) is 18.0. The predicted octanol–water partition coefficient (Wildman–Crippen LogP) is 4.36. The fourth-order valence-electron chi connectivity index (χ4n) is 3.10. The maximum atomic E-state index is 13.0. The van der Waals surface area contributed by atoms with Gasteiger partial charge in [0.1, 0.15) is 11.5 Å². The second-order valence-electron chi connectivity index (χ2n) is 6.95. The molecule has 0 aliphatic carbocycles. The Bertz CT molecular complexity index is 825. The maximum absolute atomic E-state index is 13.0. The molecule has 1 aromatic carbocycles. The second kappa shape index (κ2) is 10.1. The average molecular weight is 414 g/mol. The Kier molecular flexibility index (Phi) is 7.32. The molecule has 0 aliphatic heterocycles. The van der Waals surface area contributed by atoms with Gasteiger partial charge in [-0.25, -0.2) is 4.79 Å². The summed E-state index contributed by atoms with van der Waals surface area (Å²) in [7, 11) is 5.67. The van der Waals surface area contributed by atoms with Gasteiger partial charge in [-0.3, -0.25) is 0 Å². The fraction of sp³-hybridized carbons (Fsp3) is 0.318. The number of hydrogen-bond donors (Lipinski definition) is 1. The summed E-state index contributed by atoms with van der Waals surface area (Å²) in [5.41, 5.74) is 1.12. The molecule has 7 heteroatoms. The number of carbonyl (C=O) groups is 1. The topological polar surface area (TPSA) is 58.0 Å². The van der Waals surface area contributed by atoms with E-state index in [1.165, 1.54) is 0 Å². The Labute approximate surface area is 175 Å². The minimum Gasteiger partial charge on any atom is -0.497 e. The van der Waals surface area contributed by atoms with Crippen LogP contribution < -0.4 is 10.1 Å². The Balaban J connectivity index is 1.67. The maximum Gasteiger partial charge on any atom is 0.318 e. The molecule has 2 heterocycles. The van der Waals surface area contributed by atoms with Crippen molar-refractivity contribution in [1.29, 1.82) is 0 Å². The normalized spacial score (nSPS) is 12.0. The Morgan fingerprint density at radius 3 is 2.52 bits per heavy atom. The van der Waals surface area contributed by atoms with E-state index >= 15 is 0 Å². The lowest BCUT2D eigenvalue weighted by molar-refractivity contribution is 0.183. The minimum absolute atomic E-state index is 0.0528. The lowest BCUT2D eigenvalue weighted by Gasteiger charge is -2.27. The van der Waals surface area contributed by atoms with Gasteiger partial charge in [0.25, 0.3) is 0 Å². The molecule has 6 nitrogen and oxygen atoms in total. The van der Waals surface area contributed by atoms with Crippen molar-refractivity contribution >= 4 is 17.4 Å². The quantitative estimate of drug-likeness (QED) is 0.566. The summed E-state index contributed by atoms with van der Waals surface area (Å²) in [6.07, 6.45) is 1.63. The summed E-state index contributed by atoms with van der Waals surface area (Å²) in [6.45, 7) is 1.46. The summed E-state index contributed by atoms with van der Waals surface area (Å²) < 4.78 is 10.7. The van der Waals surface area contributed by atoms with Crippen molar-refractivity contribution in [3.05, 3.63) is 76.4 Å². The van der Waals surface area contributed by atoms with Crippen LogP contribution in [0.5, 0.6) is 5.75 Å². The first-order valence-corrected chi connectivity index (χ1v) is 10.3. The Morgan fingerprint density at radius 2 is 1.93 bits per heavy atom. The number of benzene rings is 1. The number of methoxy groups -OCH3 is 1. The molecular weight excluding hydrogens is 386 g/mol. The van der Waals surface area contributed by atoms with Crippen molar-refractivity contribution in [1.82, 2.24) is 15.1 Å². The number of thiophene rings is 1.